The van der Waals surface area contributed by atoms with Gasteiger partial charge in [0, 0.05) is 61.9 Å². The second kappa shape index (κ2) is 17.5. The van der Waals surface area contributed by atoms with Crippen LogP contribution in [-0.4, -0.2) is 135 Å². The molecule has 5 fully saturated rings. The number of hydrogen-bond acceptors (Lipinski definition) is 12. The molecule has 336 valence electrons. The summed E-state index contributed by atoms with van der Waals surface area (Å²) in [6, 6.07) is 7.28. The third-order valence-corrected chi connectivity index (χ3v) is 13.1. The number of aliphatic carboxylic acids is 1. The predicted octanol–water partition coefficient (Wildman–Crippen LogP) is 4.61. The van der Waals surface area contributed by atoms with Gasteiger partial charge in [-0.3, -0.25) is 14.5 Å². The summed E-state index contributed by atoms with van der Waals surface area (Å²) in [4.78, 5) is 63.6. The highest BCUT2D eigenvalue weighted by Gasteiger charge is 2.61. The van der Waals surface area contributed by atoms with Crippen molar-refractivity contribution in [1.82, 2.24) is 35.2 Å². The number of rotatable bonds is 16. The lowest BCUT2D eigenvalue weighted by Crippen LogP contribution is -2.59. The van der Waals surface area contributed by atoms with Gasteiger partial charge in [-0.1, -0.05) is 34.1 Å². The van der Waals surface area contributed by atoms with Gasteiger partial charge in [-0.05, 0) is 74.8 Å². The molecule has 5 aliphatic rings. The van der Waals surface area contributed by atoms with Crippen LogP contribution in [0.4, 0.5) is 10.6 Å². The summed E-state index contributed by atoms with van der Waals surface area (Å²) in [5.41, 5.74) is -1.59. The third-order valence-electron chi connectivity index (χ3n) is 13.1. The molecule has 62 heavy (non-hydrogen) atoms. The van der Waals surface area contributed by atoms with Crippen LogP contribution >= 0.6 is 0 Å². The summed E-state index contributed by atoms with van der Waals surface area (Å²) in [5.74, 6) is 1.07. The number of amides is 3. The molecule has 8 rings (SSSR count). The number of nitrogens with one attached hydrogen (secondary N) is 3. The first-order chi connectivity index (χ1) is 29.6. The number of carbonyl (C=O) groups excluding carboxylic acids is 3. The molecule has 8 atom stereocenters. The van der Waals surface area contributed by atoms with Crippen molar-refractivity contribution < 1.29 is 43.2 Å². The van der Waals surface area contributed by atoms with E-state index in [4.69, 9.17) is 29.0 Å². The minimum atomic E-state index is -1.40. The molecule has 3 aromatic rings. The molecule has 4 heterocycles. The lowest BCUT2D eigenvalue weighted by molar-refractivity contribution is -0.146. The van der Waals surface area contributed by atoms with Gasteiger partial charge < -0.3 is 44.9 Å². The topological polar surface area (TPSA) is 199 Å². The van der Waals surface area contributed by atoms with Gasteiger partial charge in [0.2, 0.25) is 11.8 Å². The van der Waals surface area contributed by atoms with E-state index in [0.717, 1.165) is 32.5 Å². The Bertz CT molecular complexity index is 2140. The number of fused-ring (bicyclic) bond motifs is 2. The Kier molecular flexibility index (Phi) is 12.3. The summed E-state index contributed by atoms with van der Waals surface area (Å²) in [6.07, 6.45) is 4.04. The van der Waals surface area contributed by atoms with Gasteiger partial charge in [0.15, 0.2) is 5.82 Å². The molecular weight excluding hydrogens is 797 g/mol. The molecule has 3 amide bonds. The number of anilines is 1. The summed E-state index contributed by atoms with van der Waals surface area (Å²) in [7, 11) is 0. The zero-order chi connectivity index (χ0) is 43.9. The number of carboxylic acid groups (broad SMARTS) is 1. The van der Waals surface area contributed by atoms with Gasteiger partial charge in [-0.25, -0.2) is 19.3 Å². The van der Waals surface area contributed by atoms with E-state index in [0.29, 0.717) is 78.5 Å². The lowest BCUT2D eigenvalue weighted by Gasteiger charge is -2.35. The van der Waals surface area contributed by atoms with Gasteiger partial charge in [0.25, 0.3) is 0 Å². The number of carboxylic acids is 1. The third kappa shape index (κ3) is 9.58. The summed E-state index contributed by atoms with van der Waals surface area (Å²) in [5, 5.41) is 24.6. The highest BCUT2D eigenvalue weighted by molar-refractivity contribution is 5.96. The molecule has 4 N–H and O–H groups in total. The Hall–Kier alpha value is -5.16. The van der Waals surface area contributed by atoms with Crippen LogP contribution in [0.25, 0.3) is 16.7 Å². The average Bonchev–Trinajstić information content (AvgIpc) is 3.89. The van der Waals surface area contributed by atoms with E-state index in [1.54, 1.807) is 10.7 Å². The number of benzene rings is 1. The maximum absolute atomic E-state index is 14.8. The molecule has 4 unspecified atom stereocenters. The summed E-state index contributed by atoms with van der Waals surface area (Å²) in [6.45, 7) is 15.9. The maximum atomic E-state index is 14.8. The minimum absolute atomic E-state index is 0.00436. The number of alkyl carbamates (subject to hydrolysis) is 1. The average molecular weight is 859 g/mol. The molecule has 0 spiro atoms. The molecule has 17 heteroatoms. The molecule has 0 radical (unpaired) electrons. The number of likely N-dealkylation sites (tertiary alicyclic amines) is 1. The van der Waals surface area contributed by atoms with Crippen LogP contribution in [0.1, 0.15) is 80.1 Å². The number of aromatic nitrogens is 3. The molecule has 2 aliphatic heterocycles. The molecule has 2 aromatic heterocycles. The van der Waals surface area contributed by atoms with E-state index >= 15 is 0 Å². The number of nitrogens with zero attached hydrogens (tertiary/aromatic N) is 5. The monoisotopic (exact) mass is 858 g/mol. The first-order valence-electron chi connectivity index (χ1n) is 22.3. The number of ether oxygens (including phenoxy) is 4. The molecule has 3 aliphatic carbocycles. The van der Waals surface area contributed by atoms with Crippen molar-refractivity contribution in [3.05, 3.63) is 36.5 Å². The molecule has 0 bridgehead atoms. The standard InChI is InChI=1S/C45H62N8O9/c1-7-29-24-45(29,42(56)57)49-40(54)35-22-32(25-52(35)41(55)39(44(4,5)6)48-43(58)62-31-19-27-18-28(27)20-31)61-36-23-38(53-11-10-37(50-53)46-26(2)3)47-34-21-30(8-9-33(34)36)60-17-14-51-12-15-59-16-13-51/h8-11,21,23,26-29,31-32,35,39H,7,12-20,22,24-25H2,1-6H3,(H,46,50)(H,48,58)(H,49,54)(H,56,57)/t27-,28?,29?,31?,32+,35?,39+,45+/m0/s1. The second-order valence-electron chi connectivity index (χ2n) is 19.2. The van der Waals surface area contributed by atoms with Crippen LogP contribution in [0.5, 0.6) is 11.5 Å². The maximum Gasteiger partial charge on any atom is 0.408 e. The molecule has 3 saturated carbocycles. The normalized spacial score (nSPS) is 27.4. The van der Waals surface area contributed by atoms with Crippen LogP contribution in [0.15, 0.2) is 36.5 Å². The first kappa shape index (κ1) is 43.5. The van der Waals surface area contributed by atoms with E-state index in [1.165, 1.54) is 11.3 Å². The van der Waals surface area contributed by atoms with Crippen LogP contribution in [-0.2, 0) is 23.9 Å². The van der Waals surface area contributed by atoms with Crippen molar-refractivity contribution in [2.75, 3.05) is 51.3 Å². The Morgan fingerprint density at radius 2 is 1.77 bits per heavy atom. The quantitative estimate of drug-likeness (QED) is 0.156. The number of morpholine rings is 1. The van der Waals surface area contributed by atoms with Crippen molar-refractivity contribution in [2.24, 2.45) is 23.2 Å². The lowest BCUT2D eigenvalue weighted by atomic mass is 9.85. The van der Waals surface area contributed by atoms with Crippen molar-refractivity contribution in [3.63, 3.8) is 0 Å². The number of hydrogen-bond donors (Lipinski definition) is 4. The largest absolute Gasteiger partial charge is 0.492 e. The Labute approximate surface area is 362 Å². The van der Waals surface area contributed by atoms with Crippen molar-refractivity contribution in [3.8, 4) is 17.3 Å². The number of pyridine rings is 1. The Morgan fingerprint density at radius 1 is 1.02 bits per heavy atom. The van der Waals surface area contributed by atoms with Gasteiger partial charge >= 0.3 is 12.1 Å². The van der Waals surface area contributed by atoms with Crippen molar-refractivity contribution in [2.45, 2.75) is 116 Å². The number of carbonyl (C=O) groups is 4. The van der Waals surface area contributed by atoms with Gasteiger partial charge in [0.1, 0.15) is 53.8 Å². The second-order valence-corrected chi connectivity index (χ2v) is 19.2. The van der Waals surface area contributed by atoms with E-state index < -0.39 is 53.0 Å². The molecule has 17 nitrogen and oxygen atoms in total. The van der Waals surface area contributed by atoms with Gasteiger partial charge in [0.05, 0.1) is 25.3 Å². The van der Waals surface area contributed by atoms with Gasteiger partial charge in [-0.2, -0.15) is 0 Å². The minimum Gasteiger partial charge on any atom is -0.492 e. The van der Waals surface area contributed by atoms with Crippen LogP contribution in [0, 0.1) is 23.2 Å². The van der Waals surface area contributed by atoms with Crippen molar-refractivity contribution in [1.29, 1.82) is 0 Å². The summed E-state index contributed by atoms with van der Waals surface area (Å²) >= 11 is 0. The predicted molar refractivity (Wildman–Crippen MR) is 229 cm³/mol. The van der Waals surface area contributed by atoms with E-state index in [-0.39, 0.29) is 31.0 Å². The first-order valence-corrected chi connectivity index (χ1v) is 22.3. The molecular formula is C45H62N8O9. The van der Waals surface area contributed by atoms with E-state index in [1.807, 2.05) is 72.0 Å². The zero-order valence-corrected chi connectivity index (χ0v) is 36.7. The van der Waals surface area contributed by atoms with Gasteiger partial charge in [-0.15, -0.1) is 5.10 Å². The SMILES string of the molecule is CCC1C[C@]1(NC(=O)C1C[C@@H](Oc2cc(-n3ccc(NC(C)C)n3)nc3cc(OCCN4CCOCC4)ccc23)CN1C(=O)[C@@H](NC(=O)OC1CC2C[C@H]2C1)C(C)(C)C)C(=O)O. The summed E-state index contributed by atoms with van der Waals surface area (Å²) < 4.78 is 25.9. The molecule has 1 aromatic carbocycles. The van der Waals surface area contributed by atoms with E-state index in [9.17, 15) is 24.3 Å². The van der Waals surface area contributed by atoms with Crippen LogP contribution in [0.2, 0.25) is 0 Å². The Balaban J connectivity index is 1.07. The fourth-order valence-electron chi connectivity index (χ4n) is 9.43. The zero-order valence-electron chi connectivity index (χ0n) is 36.7. The van der Waals surface area contributed by atoms with Crippen molar-refractivity contribution >= 4 is 40.6 Å². The highest BCUT2D eigenvalue weighted by Crippen LogP contribution is 2.52. The fraction of sp³-hybridized carbons (Fsp3) is 0.644. The fourth-order valence-corrected chi connectivity index (χ4v) is 9.43. The Morgan fingerprint density at radius 3 is 2.45 bits per heavy atom. The van der Waals surface area contributed by atoms with E-state index in [2.05, 4.69) is 20.9 Å². The van der Waals surface area contributed by atoms with Crippen LogP contribution in [0.3, 0.4) is 0 Å². The smallest absolute Gasteiger partial charge is 0.408 e. The molecule has 2 saturated heterocycles. The highest BCUT2D eigenvalue weighted by atomic mass is 16.6. The van der Waals surface area contributed by atoms with Crippen LogP contribution < -0.4 is 25.4 Å².